The molecule has 0 radical (unpaired) electrons. The molecule has 0 amide bonds. The molecule has 1 atom stereocenters. The molecule has 21 heavy (non-hydrogen) atoms. The van der Waals surface area contributed by atoms with E-state index in [1.807, 2.05) is 0 Å². The highest BCUT2D eigenvalue weighted by molar-refractivity contribution is 5.52. The summed E-state index contributed by atoms with van der Waals surface area (Å²) < 4.78 is 18.2. The molecule has 3 rings (SSSR count). The van der Waals surface area contributed by atoms with Crippen molar-refractivity contribution >= 4 is 0 Å². The molecule has 0 saturated heterocycles. The number of nitrogens with zero attached hydrogens (tertiary/aromatic N) is 3. The van der Waals surface area contributed by atoms with Gasteiger partial charge in [-0.1, -0.05) is 17.3 Å². The molecule has 0 unspecified atom stereocenters. The molecule has 0 aliphatic rings. The van der Waals surface area contributed by atoms with Gasteiger partial charge in [-0.3, -0.25) is 4.98 Å². The topological polar surface area (TPSA) is 72.0 Å². The lowest BCUT2D eigenvalue weighted by Gasteiger charge is -2.07. The number of benzene rings is 1. The molecule has 1 N–H and O–H groups in total. The van der Waals surface area contributed by atoms with Crippen molar-refractivity contribution in [3.8, 4) is 11.4 Å². The fourth-order valence-electron chi connectivity index (χ4n) is 1.95. The molecule has 0 fully saturated rings. The Morgan fingerprint density at radius 3 is 2.76 bits per heavy atom. The van der Waals surface area contributed by atoms with Crippen LogP contribution in [0.3, 0.4) is 0 Å². The van der Waals surface area contributed by atoms with Gasteiger partial charge in [-0.05, 0) is 29.8 Å². The Labute approximate surface area is 120 Å². The lowest BCUT2D eigenvalue weighted by Crippen LogP contribution is -2.02. The zero-order valence-electron chi connectivity index (χ0n) is 11.0. The van der Waals surface area contributed by atoms with Crippen LogP contribution in [-0.2, 0) is 6.42 Å². The molecular formula is C15H12FN3O2. The standard InChI is InChI=1S/C15H12FN3O2/c16-12-3-1-2-11(8-12)13(20)9-14-18-15(19-21-14)10-4-6-17-7-5-10/h1-8,13,20H,9H2/t13-/m1/s1. The lowest BCUT2D eigenvalue weighted by molar-refractivity contribution is 0.164. The molecule has 2 aromatic heterocycles. The van der Waals surface area contributed by atoms with E-state index in [0.29, 0.717) is 17.3 Å². The Morgan fingerprint density at radius 2 is 2.00 bits per heavy atom. The van der Waals surface area contributed by atoms with Crippen molar-refractivity contribution in [2.75, 3.05) is 0 Å². The molecule has 2 heterocycles. The van der Waals surface area contributed by atoms with Crippen molar-refractivity contribution < 1.29 is 14.0 Å². The predicted octanol–water partition coefficient (Wildman–Crippen LogP) is 2.55. The average molecular weight is 285 g/mol. The SMILES string of the molecule is O[C@H](Cc1nc(-c2ccncc2)no1)c1cccc(F)c1. The monoisotopic (exact) mass is 285 g/mol. The zero-order valence-corrected chi connectivity index (χ0v) is 11.0. The molecule has 3 aromatic rings. The normalized spacial score (nSPS) is 12.3. The Bertz CT molecular complexity index is 731. The second-order valence-corrected chi connectivity index (χ2v) is 4.52. The van der Waals surface area contributed by atoms with E-state index in [9.17, 15) is 9.50 Å². The quantitative estimate of drug-likeness (QED) is 0.797. The van der Waals surface area contributed by atoms with E-state index in [2.05, 4.69) is 15.1 Å². The van der Waals surface area contributed by atoms with Crippen molar-refractivity contribution in [2.45, 2.75) is 12.5 Å². The maximum atomic E-state index is 13.1. The molecule has 0 spiro atoms. The first-order chi connectivity index (χ1) is 10.2. The second kappa shape index (κ2) is 5.80. The van der Waals surface area contributed by atoms with Gasteiger partial charge in [-0.25, -0.2) is 4.39 Å². The summed E-state index contributed by atoms with van der Waals surface area (Å²) in [6.07, 6.45) is 2.49. The van der Waals surface area contributed by atoms with Crippen LogP contribution in [0.5, 0.6) is 0 Å². The summed E-state index contributed by atoms with van der Waals surface area (Å²) in [5, 5.41) is 13.9. The first kappa shape index (κ1) is 13.4. The molecule has 106 valence electrons. The highest BCUT2D eigenvalue weighted by Crippen LogP contribution is 2.20. The van der Waals surface area contributed by atoms with E-state index >= 15 is 0 Å². The summed E-state index contributed by atoms with van der Waals surface area (Å²) in [5.41, 5.74) is 1.25. The van der Waals surface area contributed by atoms with E-state index in [-0.39, 0.29) is 6.42 Å². The largest absolute Gasteiger partial charge is 0.388 e. The molecule has 0 aliphatic heterocycles. The number of aromatic nitrogens is 3. The van der Waals surface area contributed by atoms with Crippen LogP contribution in [0.2, 0.25) is 0 Å². The van der Waals surface area contributed by atoms with Gasteiger partial charge in [0.25, 0.3) is 0 Å². The number of aliphatic hydroxyl groups is 1. The number of hydrogen-bond donors (Lipinski definition) is 1. The third kappa shape index (κ3) is 3.11. The molecule has 6 heteroatoms. The Balaban J connectivity index is 1.75. The van der Waals surface area contributed by atoms with Gasteiger partial charge in [0.2, 0.25) is 11.7 Å². The van der Waals surface area contributed by atoms with Crippen LogP contribution in [-0.4, -0.2) is 20.2 Å². The molecule has 5 nitrogen and oxygen atoms in total. The van der Waals surface area contributed by atoms with Gasteiger partial charge in [0.05, 0.1) is 12.5 Å². The van der Waals surface area contributed by atoms with Crippen LogP contribution in [0.25, 0.3) is 11.4 Å². The molecule has 0 bridgehead atoms. The second-order valence-electron chi connectivity index (χ2n) is 4.52. The Kier molecular flexibility index (Phi) is 3.70. The van der Waals surface area contributed by atoms with Gasteiger partial charge in [0, 0.05) is 18.0 Å². The number of hydrogen-bond acceptors (Lipinski definition) is 5. The molecule has 0 saturated carbocycles. The van der Waals surface area contributed by atoms with Gasteiger partial charge in [-0.2, -0.15) is 4.98 Å². The summed E-state index contributed by atoms with van der Waals surface area (Å²) in [7, 11) is 0. The summed E-state index contributed by atoms with van der Waals surface area (Å²) >= 11 is 0. The maximum Gasteiger partial charge on any atom is 0.229 e. The van der Waals surface area contributed by atoms with Crippen LogP contribution in [0.1, 0.15) is 17.6 Å². The highest BCUT2D eigenvalue weighted by atomic mass is 19.1. The van der Waals surface area contributed by atoms with Crippen LogP contribution in [0, 0.1) is 5.82 Å². The maximum absolute atomic E-state index is 13.1. The van der Waals surface area contributed by atoms with Crippen LogP contribution >= 0.6 is 0 Å². The van der Waals surface area contributed by atoms with Crippen LogP contribution in [0.15, 0.2) is 53.3 Å². The summed E-state index contributed by atoms with van der Waals surface area (Å²) in [6.45, 7) is 0. The first-order valence-electron chi connectivity index (χ1n) is 6.39. The number of aliphatic hydroxyl groups excluding tert-OH is 1. The zero-order chi connectivity index (χ0) is 14.7. The number of rotatable bonds is 4. The van der Waals surface area contributed by atoms with Crippen molar-refractivity contribution in [1.82, 2.24) is 15.1 Å². The van der Waals surface area contributed by atoms with E-state index in [4.69, 9.17) is 4.52 Å². The van der Waals surface area contributed by atoms with E-state index in [1.165, 1.54) is 12.1 Å². The average Bonchev–Trinajstić information content (AvgIpc) is 2.97. The minimum Gasteiger partial charge on any atom is -0.388 e. The molecule has 0 aliphatic carbocycles. The predicted molar refractivity (Wildman–Crippen MR) is 72.6 cm³/mol. The molecular weight excluding hydrogens is 273 g/mol. The first-order valence-corrected chi connectivity index (χ1v) is 6.39. The molecule has 1 aromatic carbocycles. The fourth-order valence-corrected chi connectivity index (χ4v) is 1.95. The van der Waals surface area contributed by atoms with Crippen LogP contribution < -0.4 is 0 Å². The minimum atomic E-state index is -0.897. The van der Waals surface area contributed by atoms with E-state index in [0.717, 1.165) is 5.56 Å². The van der Waals surface area contributed by atoms with Gasteiger partial charge >= 0.3 is 0 Å². The van der Waals surface area contributed by atoms with Gasteiger partial charge in [-0.15, -0.1) is 0 Å². The van der Waals surface area contributed by atoms with Crippen molar-refractivity contribution in [1.29, 1.82) is 0 Å². The van der Waals surface area contributed by atoms with Crippen molar-refractivity contribution in [2.24, 2.45) is 0 Å². The fraction of sp³-hybridized carbons (Fsp3) is 0.133. The summed E-state index contributed by atoms with van der Waals surface area (Å²) in [5.74, 6) is 0.326. The van der Waals surface area contributed by atoms with Crippen molar-refractivity contribution in [3.05, 3.63) is 66.1 Å². The van der Waals surface area contributed by atoms with E-state index < -0.39 is 11.9 Å². The number of pyridine rings is 1. The van der Waals surface area contributed by atoms with Gasteiger partial charge in [0.15, 0.2) is 0 Å². The minimum absolute atomic E-state index is 0.127. The van der Waals surface area contributed by atoms with Crippen LogP contribution in [0.4, 0.5) is 4.39 Å². The van der Waals surface area contributed by atoms with Gasteiger partial charge in [0.1, 0.15) is 5.82 Å². The summed E-state index contributed by atoms with van der Waals surface area (Å²) in [4.78, 5) is 8.12. The number of halogens is 1. The lowest BCUT2D eigenvalue weighted by atomic mass is 10.1. The Hall–Kier alpha value is -2.60. The third-order valence-electron chi connectivity index (χ3n) is 3.01. The highest BCUT2D eigenvalue weighted by Gasteiger charge is 2.15. The van der Waals surface area contributed by atoms with Gasteiger partial charge < -0.3 is 9.63 Å². The van der Waals surface area contributed by atoms with Crippen molar-refractivity contribution in [3.63, 3.8) is 0 Å². The smallest absolute Gasteiger partial charge is 0.229 e. The Morgan fingerprint density at radius 1 is 1.19 bits per heavy atom. The summed E-state index contributed by atoms with van der Waals surface area (Å²) in [6, 6.07) is 9.32. The third-order valence-corrected chi connectivity index (χ3v) is 3.01. The van der Waals surface area contributed by atoms with E-state index in [1.54, 1.807) is 36.7 Å².